The van der Waals surface area contributed by atoms with Crippen LogP contribution in [0.2, 0.25) is 5.02 Å². The Morgan fingerprint density at radius 1 is 1.27 bits per heavy atom. The van der Waals surface area contributed by atoms with E-state index < -0.39 is 17.2 Å². The largest absolute Gasteiger partial charge is 0.507 e. The molecular weight excluding hydrogens is 304 g/mol. The van der Waals surface area contributed by atoms with Gasteiger partial charge in [0.25, 0.3) is 0 Å². The summed E-state index contributed by atoms with van der Waals surface area (Å²) in [5.41, 5.74) is -0.436. The Bertz CT molecular complexity index is 816. The summed E-state index contributed by atoms with van der Waals surface area (Å²) in [4.78, 5) is 23.5. The summed E-state index contributed by atoms with van der Waals surface area (Å²) in [7, 11) is 0. The Hall–Kier alpha value is -2.59. The summed E-state index contributed by atoms with van der Waals surface area (Å²) in [6.07, 6.45) is 5.98. The van der Waals surface area contributed by atoms with Gasteiger partial charge in [-0.05, 0) is 24.6 Å². The highest BCUT2D eigenvalue weighted by atomic mass is 35.5. The van der Waals surface area contributed by atoms with Crippen LogP contribution in [0.1, 0.15) is 21.7 Å². The summed E-state index contributed by atoms with van der Waals surface area (Å²) in [5.74, 6) is -0.782. The first-order valence-electron chi connectivity index (χ1n) is 6.46. The van der Waals surface area contributed by atoms with E-state index in [-0.39, 0.29) is 11.3 Å². The van der Waals surface area contributed by atoms with Crippen LogP contribution < -0.4 is 5.63 Å². The van der Waals surface area contributed by atoms with Crippen molar-refractivity contribution < 1.29 is 14.3 Å². The molecule has 0 saturated heterocycles. The van der Waals surface area contributed by atoms with Gasteiger partial charge in [-0.3, -0.25) is 4.79 Å². The van der Waals surface area contributed by atoms with Gasteiger partial charge in [0, 0.05) is 11.1 Å². The van der Waals surface area contributed by atoms with Gasteiger partial charge < -0.3 is 9.52 Å². The minimum Gasteiger partial charge on any atom is -0.507 e. The van der Waals surface area contributed by atoms with Gasteiger partial charge in [0.2, 0.25) is 0 Å². The topological polar surface area (TPSA) is 67.5 Å². The van der Waals surface area contributed by atoms with Crippen molar-refractivity contribution in [2.24, 2.45) is 0 Å². The molecule has 0 amide bonds. The van der Waals surface area contributed by atoms with Crippen molar-refractivity contribution in [1.82, 2.24) is 0 Å². The van der Waals surface area contributed by atoms with E-state index in [4.69, 9.17) is 16.0 Å². The minimum atomic E-state index is -0.859. The fourth-order valence-electron chi connectivity index (χ4n) is 1.82. The molecule has 0 radical (unpaired) electrons. The predicted octanol–water partition coefficient (Wildman–Crippen LogP) is 3.76. The van der Waals surface area contributed by atoms with Crippen molar-refractivity contribution in [3.05, 3.63) is 80.9 Å². The van der Waals surface area contributed by atoms with E-state index in [1.165, 1.54) is 25.1 Å². The lowest BCUT2D eigenvalue weighted by Gasteiger charge is -1.99. The molecule has 5 heteroatoms. The lowest BCUT2D eigenvalue weighted by molar-refractivity contribution is 0.104. The van der Waals surface area contributed by atoms with E-state index in [1.807, 2.05) is 18.2 Å². The molecule has 22 heavy (non-hydrogen) atoms. The van der Waals surface area contributed by atoms with Crippen molar-refractivity contribution in [3.63, 3.8) is 0 Å². The summed E-state index contributed by atoms with van der Waals surface area (Å²) < 4.78 is 4.80. The molecule has 0 saturated carbocycles. The molecule has 1 heterocycles. The van der Waals surface area contributed by atoms with E-state index in [0.717, 1.165) is 5.56 Å². The molecule has 2 rings (SSSR count). The van der Waals surface area contributed by atoms with Crippen LogP contribution in [0, 0.1) is 6.92 Å². The van der Waals surface area contributed by atoms with Gasteiger partial charge in [0.05, 0.1) is 0 Å². The number of carbonyl (C=O) groups is 1. The number of aryl methyl sites for hydroxylation is 1. The third-order valence-corrected chi connectivity index (χ3v) is 3.18. The molecule has 112 valence electrons. The summed E-state index contributed by atoms with van der Waals surface area (Å²) in [6, 6.07) is 8.47. The predicted molar refractivity (Wildman–Crippen MR) is 85.3 cm³/mol. The fraction of sp³-hybridized carbons (Fsp3) is 0.0588. The van der Waals surface area contributed by atoms with E-state index in [2.05, 4.69) is 0 Å². The fourth-order valence-corrected chi connectivity index (χ4v) is 2.02. The number of hydrogen-bond donors (Lipinski definition) is 1. The van der Waals surface area contributed by atoms with Gasteiger partial charge in [-0.2, -0.15) is 0 Å². The van der Waals surface area contributed by atoms with E-state index in [9.17, 15) is 14.7 Å². The standard InChI is InChI=1S/C17H13ClO4/c1-11-10-15(20)16(17(21)22-11)14(19)9-5-3-7-12-6-2-4-8-13(12)18/h2-10,20H,1H3/b7-3+,9-5+. The number of allylic oxidation sites excluding steroid dienone is 3. The maximum absolute atomic E-state index is 11.9. The van der Waals surface area contributed by atoms with Crippen LogP contribution >= 0.6 is 11.6 Å². The van der Waals surface area contributed by atoms with Gasteiger partial charge in [0.1, 0.15) is 17.1 Å². The van der Waals surface area contributed by atoms with Crippen LogP contribution in [0.15, 0.2) is 57.8 Å². The van der Waals surface area contributed by atoms with Crippen LogP contribution in [-0.4, -0.2) is 10.9 Å². The van der Waals surface area contributed by atoms with Crippen LogP contribution in [0.25, 0.3) is 6.08 Å². The maximum atomic E-state index is 11.9. The molecule has 0 atom stereocenters. The van der Waals surface area contributed by atoms with Gasteiger partial charge in [-0.25, -0.2) is 4.79 Å². The molecule has 0 aliphatic rings. The average Bonchev–Trinajstić information content (AvgIpc) is 2.44. The molecule has 1 N–H and O–H groups in total. The van der Waals surface area contributed by atoms with Gasteiger partial charge in [-0.1, -0.05) is 48.0 Å². The van der Waals surface area contributed by atoms with E-state index in [1.54, 1.807) is 18.2 Å². The van der Waals surface area contributed by atoms with Crippen molar-refractivity contribution in [2.45, 2.75) is 6.92 Å². The van der Waals surface area contributed by atoms with Crippen LogP contribution in [0.5, 0.6) is 5.75 Å². The summed E-state index contributed by atoms with van der Waals surface area (Å²) >= 11 is 5.99. The second kappa shape index (κ2) is 6.91. The number of hydrogen-bond acceptors (Lipinski definition) is 4. The maximum Gasteiger partial charge on any atom is 0.351 e. The lowest BCUT2D eigenvalue weighted by atomic mass is 10.1. The third-order valence-electron chi connectivity index (χ3n) is 2.84. The smallest absolute Gasteiger partial charge is 0.351 e. The minimum absolute atomic E-state index is 0.238. The van der Waals surface area contributed by atoms with Gasteiger partial charge in [-0.15, -0.1) is 0 Å². The van der Waals surface area contributed by atoms with E-state index >= 15 is 0 Å². The normalized spacial score (nSPS) is 11.4. The number of ketones is 1. The molecule has 0 spiro atoms. The summed E-state index contributed by atoms with van der Waals surface area (Å²) in [5, 5.41) is 10.3. The molecule has 1 aromatic carbocycles. The monoisotopic (exact) mass is 316 g/mol. The van der Waals surface area contributed by atoms with Crippen molar-refractivity contribution in [3.8, 4) is 5.75 Å². The molecule has 1 aromatic heterocycles. The first-order valence-corrected chi connectivity index (χ1v) is 6.84. The first kappa shape index (κ1) is 15.8. The SMILES string of the molecule is Cc1cc(O)c(C(=O)/C=C/C=C/c2ccccc2Cl)c(=O)o1. The number of aromatic hydroxyl groups is 1. The number of carbonyl (C=O) groups excluding carboxylic acids is 1. The third kappa shape index (κ3) is 3.74. The Balaban J connectivity index is 2.16. The second-order valence-electron chi connectivity index (χ2n) is 4.51. The Morgan fingerprint density at radius 2 is 2.00 bits per heavy atom. The Labute approximate surface area is 132 Å². The van der Waals surface area contributed by atoms with Crippen LogP contribution in [0.3, 0.4) is 0 Å². The first-order chi connectivity index (χ1) is 10.5. The second-order valence-corrected chi connectivity index (χ2v) is 4.92. The molecule has 0 aliphatic carbocycles. The number of benzene rings is 1. The quantitative estimate of drug-likeness (QED) is 0.530. The molecule has 4 nitrogen and oxygen atoms in total. The molecule has 0 aliphatic heterocycles. The van der Waals surface area contributed by atoms with Crippen LogP contribution in [-0.2, 0) is 0 Å². The average molecular weight is 317 g/mol. The highest BCUT2D eigenvalue weighted by Gasteiger charge is 2.15. The summed E-state index contributed by atoms with van der Waals surface area (Å²) in [6.45, 7) is 1.51. The highest BCUT2D eigenvalue weighted by Crippen LogP contribution is 2.17. The van der Waals surface area contributed by atoms with Crippen molar-refractivity contribution >= 4 is 23.5 Å². The van der Waals surface area contributed by atoms with E-state index in [0.29, 0.717) is 5.02 Å². The van der Waals surface area contributed by atoms with Gasteiger partial charge >= 0.3 is 5.63 Å². The zero-order valence-corrected chi connectivity index (χ0v) is 12.5. The molecule has 2 aromatic rings. The van der Waals surface area contributed by atoms with Crippen molar-refractivity contribution in [2.75, 3.05) is 0 Å². The van der Waals surface area contributed by atoms with Gasteiger partial charge in [0.15, 0.2) is 5.78 Å². The highest BCUT2D eigenvalue weighted by molar-refractivity contribution is 6.32. The zero-order valence-electron chi connectivity index (χ0n) is 11.7. The molecule has 0 fully saturated rings. The Kier molecular flexibility index (Phi) is 4.96. The molecular formula is C17H13ClO4. The molecule has 0 unspecified atom stereocenters. The van der Waals surface area contributed by atoms with Crippen molar-refractivity contribution in [1.29, 1.82) is 0 Å². The molecule has 0 bridgehead atoms. The van der Waals surface area contributed by atoms with Crippen LogP contribution in [0.4, 0.5) is 0 Å². The number of halogens is 1. The number of rotatable bonds is 4. The lowest BCUT2D eigenvalue weighted by Crippen LogP contribution is -2.12. The zero-order chi connectivity index (χ0) is 16.1. The Morgan fingerprint density at radius 3 is 2.68 bits per heavy atom.